The highest BCUT2D eigenvalue weighted by atomic mass is 16.2. The summed E-state index contributed by atoms with van der Waals surface area (Å²) in [6.07, 6.45) is 8.93. The fourth-order valence-electron chi connectivity index (χ4n) is 3.53. The van der Waals surface area contributed by atoms with Crippen LogP contribution in [0.4, 0.5) is 0 Å². The van der Waals surface area contributed by atoms with Crippen LogP contribution in [-0.2, 0) is 0 Å². The van der Waals surface area contributed by atoms with Crippen molar-refractivity contribution in [2.45, 2.75) is 32.2 Å². The van der Waals surface area contributed by atoms with Gasteiger partial charge in [0.15, 0.2) is 5.82 Å². The number of nitrogens with zero attached hydrogens (tertiary/aromatic N) is 4. The average Bonchev–Trinajstić information content (AvgIpc) is 3.31. The van der Waals surface area contributed by atoms with Crippen molar-refractivity contribution in [3.05, 3.63) is 66.6 Å². The molecule has 0 spiro atoms. The molecule has 1 saturated heterocycles. The van der Waals surface area contributed by atoms with E-state index in [1.165, 1.54) is 6.42 Å². The van der Waals surface area contributed by atoms with Crippen molar-refractivity contribution in [2.75, 3.05) is 6.54 Å². The van der Waals surface area contributed by atoms with Gasteiger partial charge < -0.3 is 9.47 Å². The number of amides is 1. The molecule has 0 N–H and O–H groups in total. The molecule has 1 atom stereocenters. The van der Waals surface area contributed by atoms with Crippen LogP contribution in [-0.4, -0.2) is 37.7 Å². The van der Waals surface area contributed by atoms with Crippen molar-refractivity contribution in [3.8, 4) is 11.5 Å². The van der Waals surface area contributed by atoms with E-state index >= 15 is 0 Å². The van der Waals surface area contributed by atoms with Crippen LogP contribution in [0.25, 0.3) is 11.5 Å². The zero-order valence-electron chi connectivity index (χ0n) is 14.4. The van der Waals surface area contributed by atoms with E-state index in [2.05, 4.69) is 12.0 Å². The minimum atomic E-state index is 0.0677. The third-order valence-corrected chi connectivity index (χ3v) is 4.89. The molecular formula is C20H22N4O. The molecule has 1 unspecified atom stereocenters. The summed E-state index contributed by atoms with van der Waals surface area (Å²) in [5.41, 5.74) is 1.59. The highest BCUT2D eigenvalue weighted by Gasteiger charge is 2.28. The Morgan fingerprint density at radius 1 is 1.08 bits per heavy atom. The average molecular weight is 334 g/mol. The second-order valence-corrected chi connectivity index (χ2v) is 6.56. The molecule has 4 rings (SSSR count). The summed E-state index contributed by atoms with van der Waals surface area (Å²) in [7, 11) is 0. The Labute approximate surface area is 147 Å². The molecule has 0 bridgehead atoms. The molecular weight excluding hydrogens is 312 g/mol. The summed E-state index contributed by atoms with van der Waals surface area (Å²) >= 11 is 0. The highest BCUT2D eigenvalue weighted by molar-refractivity contribution is 5.97. The van der Waals surface area contributed by atoms with E-state index in [9.17, 15) is 4.79 Å². The van der Waals surface area contributed by atoms with Gasteiger partial charge in [0, 0.05) is 25.0 Å². The molecule has 0 radical (unpaired) electrons. The van der Waals surface area contributed by atoms with Gasteiger partial charge >= 0.3 is 0 Å². The summed E-state index contributed by atoms with van der Waals surface area (Å²) < 4.78 is 3.80. The first-order chi connectivity index (χ1) is 12.3. The van der Waals surface area contributed by atoms with Crippen LogP contribution in [0.2, 0.25) is 0 Å². The smallest absolute Gasteiger partial charge is 0.259 e. The van der Waals surface area contributed by atoms with E-state index in [0.29, 0.717) is 5.56 Å². The predicted octanol–water partition coefficient (Wildman–Crippen LogP) is 3.68. The van der Waals surface area contributed by atoms with Crippen molar-refractivity contribution in [3.63, 3.8) is 0 Å². The number of piperidine rings is 1. The van der Waals surface area contributed by atoms with Gasteiger partial charge in [-0.05, 0) is 50.5 Å². The number of hydrogen-bond acceptors (Lipinski definition) is 2. The molecule has 1 aliphatic heterocycles. The number of carbonyl (C=O) groups excluding carboxylic acids is 1. The molecule has 128 valence electrons. The van der Waals surface area contributed by atoms with Gasteiger partial charge in [-0.25, -0.2) is 4.68 Å². The first-order valence-corrected chi connectivity index (χ1v) is 8.83. The van der Waals surface area contributed by atoms with Gasteiger partial charge in [0.2, 0.25) is 0 Å². The van der Waals surface area contributed by atoms with E-state index in [4.69, 9.17) is 0 Å². The molecule has 5 nitrogen and oxygen atoms in total. The lowest BCUT2D eigenvalue weighted by Crippen LogP contribution is -2.42. The fourth-order valence-corrected chi connectivity index (χ4v) is 3.53. The van der Waals surface area contributed by atoms with E-state index < -0.39 is 0 Å². The lowest BCUT2D eigenvalue weighted by atomic mass is 10.0. The number of para-hydroxylation sites is 1. The quantitative estimate of drug-likeness (QED) is 0.733. The van der Waals surface area contributed by atoms with E-state index in [0.717, 1.165) is 30.9 Å². The Morgan fingerprint density at radius 3 is 2.56 bits per heavy atom. The van der Waals surface area contributed by atoms with Crippen LogP contribution in [0, 0.1) is 0 Å². The van der Waals surface area contributed by atoms with Gasteiger partial charge in [-0.3, -0.25) is 4.79 Å². The number of hydrogen-bond donors (Lipinski definition) is 0. The van der Waals surface area contributed by atoms with Crippen LogP contribution in [0.1, 0.15) is 36.5 Å². The van der Waals surface area contributed by atoms with Gasteiger partial charge in [-0.15, -0.1) is 0 Å². The molecule has 1 amide bonds. The molecule has 2 aromatic heterocycles. The summed E-state index contributed by atoms with van der Waals surface area (Å²) in [5, 5.41) is 4.53. The first-order valence-electron chi connectivity index (χ1n) is 8.83. The summed E-state index contributed by atoms with van der Waals surface area (Å²) in [4.78, 5) is 15.2. The van der Waals surface area contributed by atoms with Gasteiger partial charge in [0.1, 0.15) is 5.56 Å². The van der Waals surface area contributed by atoms with E-state index in [1.54, 1.807) is 6.20 Å². The second-order valence-electron chi connectivity index (χ2n) is 6.56. The molecule has 0 aliphatic carbocycles. The molecule has 3 aromatic rings. The zero-order valence-corrected chi connectivity index (χ0v) is 14.4. The number of benzene rings is 1. The topological polar surface area (TPSA) is 43.1 Å². The summed E-state index contributed by atoms with van der Waals surface area (Å²) in [5.74, 6) is 0.858. The standard InChI is InChI=1S/C20H22N4O/c1-16-9-5-6-14-23(16)20(25)18-15-21-24(17-10-3-2-4-11-17)19(18)22-12-7-8-13-22/h2-4,7-8,10-13,15-16H,5-6,9,14H2,1H3. The Bertz CT molecular complexity index is 851. The summed E-state index contributed by atoms with van der Waals surface area (Å²) in [6.45, 7) is 2.95. The van der Waals surface area contributed by atoms with E-state index in [1.807, 2.05) is 69.0 Å². The molecule has 3 heterocycles. The molecule has 1 aromatic carbocycles. The molecule has 0 saturated carbocycles. The maximum absolute atomic E-state index is 13.2. The number of carbonyl (C=O) groups is 1. The monoisotopic (exact) mass is 334 g/mol. The first kappa shape index (κ1) is 15.7. The number of aromatic nitrogens is 3. The van der Waals surface area contributed by atoms with Crippen molar-refractivity contribution in [1.82, 2.24) is 19.2 Å². The number of likely N-dealkylation sites (tertiary alicyclic amines) is 1. The fraction of sp³-hybridized carbons (Fsp3) is 0.300. The Hall–Kier alpha value is -2.82. The molecule has 25 heavy (non-hydrogen) atoms. The third-order valence-electron chi connectivity index (χ3n) is 4.89. The predicted molar refractivity (Wildman–Crippen MR) is 97.2 cm³/mol. The minimum Gasteiger partial charge on any atom is -0.336 e. The van der Waals surface area contributed by atoms with Crippen molar-refractivity contribution in [2.24, 2.45) is 0 Å². The second kappa shape index (κ2) is 6.59. The van der Waals surface area contributed by atoms with Crippen LogP contribution >= 0.6 is 0 Å². The van der Waals surface area contributed by atoms with Crippen molar-refractivity contribution >= 4 is 5.91 Å². The Kier molecular flexibility index (Phi) is 4.14. The van der Waals surface area contributed by atoms with E-state index in [-0.39, 0.29) is 11.9 Å². The normalized spacial score (nSPS) is 17.6. The van der Waals surface area contributed by atoms with Gasteiger partial charge in [-0.1, -0.05) is 18.2 Å². The van der Waals surface area contributed by atoms with Crippen molar-refractivity contribution < 1.29 is 4.79 Å². The molecule has 1 fully saturated rings. The number of rotatable bonds is 3. The van der Waals surface area contributed by atoms with Crippen LogP contribution in [0.5, 0.6) is 0 Å². The Morgan fingerprint density at radius 2 is 1.84 bits per heavy atom. The van der Waals surface area contributed by atoms with Crippen LogP contribution in [0.3, 0.4) is 0 Å². The lowest BCUT2D eigenvalue weighted by Gasteiger charge is -2.33. The maximum Gasteiger partial charge on any atom is 0.259 e. The third kappa shape index (κ3) is 2.86. The van der Waals surface area contributed by atoms with Crippen LogP contribution in [0.15, 0.2) is 61.1 Å². The molecule has 1 aliphatic rings. The SMILES string of the molecule is CC1CCCCN1C(=O)c1cnn(-c2ccccc2)c1-n1cccc1. The van der Waals surface area contributed by atoms with Crippen molar-refractivity contribution in [1.29, 1.82) is 0 Å². The van der Waals surface area contributed by atoms with Gasteiger partial charge in [0.05, 0.1) is 11.9 Å². The zero-order chi connectivity index (χ0) is 17.2. The Balaban J connectivity index is 1.81. The molecule has 5 heteroatoms. The van der Waals surface area contributed by atoms with Crippen LogP contribution < -0.4 is 0 Å². The van der Waals surface area contributed by atoms with Gasteiger partial charge in [0.25, 0.3) is 5.91 Å². The summed E-state index contributed by atoms with van der Waals surface area (Å²) in [6, 6.07) is 14.1. The highest BCUT2D eigenvalue weighted by Crippen LogP contribution is 2.24. The largest absolute Gasteiger partial charge is 0.336 e. The van der Waals surface area contributed by atoms with Gasteiger partial charge in [-0.2, -0.15) is 5.10 Å². The lowest BCUT2D eigenvalue weighted by molar-refractivity contribution is 0.0635. The maximum atomic E-state index is 13.2. The minimum absolute atomic E-state index is 0.0677.